The van der Waals surface area contributed by atoms with Gasteiger partial charge < -0.3 is 15.3 Å². The summed E-state index contributed by atoms with van der Waals surface area (Å²) in [6.07, 6.45) is 11.4. The maximum Gasteiger partial charge on any atom is 0.330 e. The topological polar surface area (TPSA) is 90.0 Å². The number of aliphatic carboxylic acids is 1. The summed E-state index contributed by atoms with van der Waals surface area (Å²) < 4.78 is 0. The van der Waals surface area contributed by atoms with Gasteiger partial charge in [-0.2, -0.15) is 0 Å². The van der Waals surface area contributed by atoms with Crippen molar-refractivity contribution in [3.05, 3.63) is 11.6 Å². The van der Waals surface area contributed by atoms with Crippen molar-refractivity contribution in [3.63, 3.8) is 0 Å². The standard InChI is InChI=1S/C25H43N3O4/c1-5-19(3)28-17-10-9-15-21(28)23(29)26-22(20-13-7-6-8-14-20)24(30)27(4)16-11-12-18(2)25(31)32/h12,19-22H,5-11,13-17H2,1-4H3,(H,26,29)(H,31,32)/b18-12+. The van der Waals surface area contributed by atoms with Crippen LogP contribution in [0.15, 0.2) is 11.6 Å². The van der Waals surface area contributed by atoms with Gasteiger partial charge in [-0.15, -0.1) is 0 Å². The number of hydrogen-bond donors (Lipinski definition) is 2. The molecule has 1 saturated carbocycles. The number of carboxylic acid groups (broad SMARTS) is 1. The lowest BCUT2D eigenvalue weighted by atomic mass is 9.83. The zero-order valence-electron chi connectivity index (χ0n) is 20.4. The second-order valence-electron chi connectivity index (χ2n) is 9.63. The van der Waals surface area contributed by atoms with Crippen LogP contribution >= 0.6 is 0 Å². The highest BCUT2D eigenvalue weighted by atomic mass is 16.4. The number of piperidine rings is 1. The Labute approximate surface area is 193 Å². The molecule has 2 rings (SSSR count). The van der Waals surface area contributed by atoms with Gasteiger partial charge in [-0.05, 0) is 64.8 Å². The number of carboxylic acids is 1. The molecule has 7 nitrogen and oxygen atoms in total. The number of nitrogens with one attached hydrogen (secondary N) is 1. The second kappa shape index (κ2) is 13.0. The molecule has 2 amide bonds. The number of likely N-dealkylation sites (N-methyl/N-ethyl adjacent to an activating group) is 1. The van der Waals surface area contributed by atoms with E-state index in [1.54, 1.807) is 24.9 Å². The van der Waals surface area contributed by atoms with Gasteiger partial charge in [0.2, 0.25) is 11.8 Å². The van der Waals surface area contributed by atoms with Gasteiger partial charge in [-0.1, -0.05) is 38.7 Å². The fourth-order valence-electron chi connectivity index (χ4n) is 5.01. The molecule has 182 valence electrons. The quantitative estimate of drug-likeness (QED) is 0.498. The highest BCUT2D eigenvalue weighted by Gasteiger charge is 2.37. The summed E-state index contributed by atoms with van der Waals surface area (Å²) in [5, 5.41) is 12.2. The van der Waals surface area contributed by atoms with Crippen molar-refractivity contribution in [2.75, 3.05) is 20.1 Å². The molecule has 0 aromatic heterocycles. The smallest absolute Gasteiger partial charge is 0.330 e. The summed E-state index contributed by atoms with van der Waals surface area (Å²) in [5.74, 6) is -0.842. The number of hydrogen-bond acceptors (Lipinski definition) is 4. The van der Waals surface area contributed by atoms with Gasteiger partial charge in [-0.3, -0.25) is 14.5 Å². The molecule has 1 aliphatic heterocycles. The van der Waals surface area contributed by atoms with Crippen molar-refractivity contribution in [3.8, 4) is 0 Å². The van der Waals surface area contributed by atoms with Crippen LogP contribution in [0.25, 0.3) is 0 Å². The third-order valence-electron chi connectivity index (χ3n) is 7.32. The Balaban J connectivity index is 2.10. The van der Waals surface area contributed by atoms with Crippen LogP contribution in [-0.4, -0.2) is 71.0 Å². The molecule has 3 atom stereocenters. The first-order chi connectivity index (χ1) is 15.3. The van der Waals surface area contributed by atoms with Crippen LogP contribution in [0.5, 0.6) is 0 Å². The summed E-state index contributed by atoms with van der Waals surface area (Å²) in [4.78, 5) is 41.7. The van der Waals surface area contributed by atoms with Gasteiger partial charge in [0.25, 0.3) is 0 Å². The fourth-order valence-corrected chi connectivity index (χ4v) is 5.01. The molecular formula is C25H43N3O4. The van der Waals surface area contributed by atoms with E-state index in [-0.39, 0.29) is 29.3 Å². The lowest BCUT2D eigenvalue weighted by Gasteiger charge is -2.40. The third-order valence-corrected chi connectivity index (χ3v) is 7.32. The van der Waals surface area contributed by atoms with Crippen LogP contribution < -0.4 is 5.32 Å². The van der Waals surface area contributed by atoms with Crippen LogP contribution in [0.3, 0.4) is 0 Å². The molecule has 1 heterocycles. The number of carbonyl (C=O) groups excluding carboxylic acids is 2. The van der Waals surface area contributed by atoms with E-state index in [9.17, 15) is 14.4 Å². The van der Waals surface area contributed by atoms with Crippen molar-refractivity contribution in [1.29, 1.82) is 0 Å². The number of carbonyl (C=O) groups is 3. The molecule has 2 N–H and O–H groups in total. The molecule has 0 spiro atoms. The average Bonchev–Trinajstić information content (AvgIpc) is 2.81. The van der Waals surface area contributed by atoms with Gasteiger partial charge >= 0.3 is 5.97 Å². The van der Waals surface area contributed by atoms with Crippen molar-refractivity contribution in [1.82, 2.24) is 15.1 Å². The van der Waals surface area contributed by atoms with Crippen molar-refractivity contribution < 1.29 is 19.5 Å². The Kier molecular flexibility index (Phi) is 10.7. The van der Waals surface area contributed by atoms with Gasteiger partial charge in [0.05, 0.1) is 6.04 Å². The maximum atomic E-state index is 13.4. The monoisotopic (exact) mass is 449 g/mol. The Morgan fingerprint density at radius 3 is 2.41 bits per heavy atom. The lowest BCUT2D eigenvalue weighted by Crippen LogP contribution is -2.58. The fraction of sp³-hybridized carbons (Fsp3) is 0.800. The summed E-state index contributed by atoms with van der Waals surface area (Å²) in [6.45, 7) is 7.26. The largest absolute Gasteiger partial charge is 0.478 e. The first kappa shape index (κ1) is 26.4. The minimum atomic E-state index is -0.940. The summed E-state index contributed by atoms with van der Waals surface area (Å²) >= 11 is 0. The Morgan fingerprint density at radius 1 is 1.12 bits per heavy atom. The molecule has 32 heavy (non-hydrogen) atoms. The molecule has 0 radical (unpaired) electrons. The third kappa shape index (κ3) is 7.32. The predicted molar refractivity (Wildman–Crippen MR) is 126 cm³/mol. The number of nitrogens with zero attached hydrogens (tertiary/aromatic N) is 2. The lowest BCUT2D eigenvalue weighted by molar-refractivity contribution is -0.139. The molecule has 2 fully saturated rings. The molecule has 0 aromatic rings. The van der Waals surface area contributed by atoms with Crippen LogP contribution in [0.1, 0.15) is 85.0 Å². The summed E-state index contributed by atoms with van der Waals surface area (Å²) in [6, 6.07) is -0.316. The van der Waals surface area contributed by atoms with Crippen molar-refractivity contribution in [2.24, 2.45) is 5.92 Å². The SMILES string of the molecule is CCC(C)N1CCCCC1C(=O)NC(C(=O)N(C)CC/C=C(\C)C(=O)O)C1CCCCC1. The number of amides is 2. The zero-order valence-corrected chi connectivity index (χ0v) is 20.4. The molecule has 2 aliphatic rings. The molecule has 7 heteroatoms. The maximum absolute atomic E-state index is 13.4. The highest BCUT2D eigenvalue weighted by molar-refractivity contribution is 5.90. The Bertz CT molecular complexity index is 672. The van der Waals surface area contributed by atoms with Gasteiger partial charge in [0.1, 0.15) is 6.04 Å². The normalized spacial score (nSPS) is 22.8. The Morgan fingerprint density at radius 2 is 1.78 bits per heavy atom. The highest BCUT2D eigenvalue weighted by Crippen LogP contribution is 2.28. The summed E-state index contributed by atoms with van der Waals surface area (Å²) in [7, 11) is 1.75. The van der Waals surface area contributed by atoms with Crippen LogP contribution in [-0.2, 0) is 14.4 Å². The van der Waals surface area contributed by atoms with E-state index in [1.165, 1.54) is 6.42 Å². The van der Waals surface area contributed by atoms with Crippen molar-refractivity contribution in [2.45, 2.75) is 103 Å². The second-order valence-corrected chi connectivity index (χ2v) is 9.63. The molecular weight excluding hydrogens is 406 g/mol. The molecule has 0 bridgehead atoms. The van der Waals surface area contributed by atoms with E-state index in [2.05, 4.69) is 24.1 Å². The summed E-state index contributed by atoms with van der Waals surface area (Å²) in [5.41, 5.74) is 0.283. The molecule has 1 aliphatic carbocycles. The minimum Gasteiger partial charge on any atom is -0.478 e. The van der Waals surface area contributed by atoms with Gasteiger partial charge in [-0.25, -0.2) is 4.79 Å². The van der Waals surface area contributed by atoms with Crippen LogP contribution in [0.2, 0.25) is 0 Å². The number of rotatable bonds is 10. The Hall–Kier alpha value is -1.89. The van der Waals surface area contributed by atoms with E-state index in [1.807, 2.05) is 0 Å². The van der Waals surface area contributed by atoms with Crippen molar-refractivity contribution >= 4 is 17.8 Å². The van der Waals surface area contributed by atoms with Gasteiger partial charge in [0.15, 0.2) is 0 Å². The van der Waals surface area contributed by atoms with E-state index in [4.69, 9.17) is 5.11 Å². The predicted octanol–water partition coefficient (Wildman–Crippen LogP) is 3.58. The first-order valence-corrected chi connectivity index (χ1v) is 12.5. The molecule has 3 unspecified atom stereocenters. The molecule has 0 aromatic carbocycles. The van der Waals surface area contributed by atoms with Gasteiger partial charge in [0, 0.05) is 25.2 Å². The van der Waals surface area contributed by atoms with Crippen LogP contribution in [0.4, 0.5) is 0 Å². The molecule has 1 saturated heterocycles. The van der Waals surface area contributed by atoms with E-state index in [0.29, 0.717) is 19.0 Å². The zero-order chi connectivity index (χ0) is 23.7. The number of likely N-dealkylation sites (tertiary alicyclic amines) is 1. The average molecular weight is 450 g/mol. The first-order valence-electron chi connectivity index (χ1n) is 12.5. The van der Waals surface area contributed by atoms with E-state index < -0.39 is 12.0 Å². The van der Waals surface area contributed by atoms with E-state index in [0.717, 1.165) is 57.9 Å². The van der Waals surface area contributed by atoms with E-state index >= 15 is 0 Å². The van der Waals surface area contributed by atoms with Crippen LogP contribution in [0, 0.1) is 5.92 Å². The minimum absolute atomic E-state index is 0.0102.